The molecule has 0 unspecified atom stereocenters. The van der Waals surface area contributed by atoms with Crippen LogP contribution in [0.2, 0.25) is 0 Å². The van der Waals surface area contributed by atoms with Crippen molar-refractivity contribution >= 4 is 44.7 Å². The monoisotopic (exact) mass is 295 g/mol. The Balaban J connectivity index is 0.00000133. The first kappa shape index (κ1) is 13.9. The zero-order valence-corrected chi connectivity index (χ0v) is 12.5. The predicted octanol–water partition coefficient (Wildman–Crippen LogP) is 3.79. The van der Waals surface area contributed by atoms with Crippen LogP contribution in [0.5, 0.6) is 5.75 Å². The van der Waals surface area contributed by atoms with Gasteiger partial charge in [-0.25, -0.2) is 0 Å². The molecule has 0 amide bonds. The van der Waals surface area contributed by atoms with E-state index < -0.39 is 0 Å². The minimum atomic E-state index is -0.0103. The van der Waals surface area contributed by atoms with Crippen molar-refractivity contribution in [3.63, 3.8) is 0 Å². The SMILES string of the molecule is COc1cc(C)c2[nH]c(=O)c3sc(C)cc3c2c1.Cl. The largest absolute Gasteiger partial charge is 0.497 e. The van der Waals surface area contributed by atoms with Crippen LogP contribution in [0, 0.1) is 13.8 Å². The quantitative estimate of drug-likeness (QED) is 0.742. The molecule has 0 fully saturated rings. The highest BCUT2D eigenvalue weighted by molar-refractivity contribution is 7.19. The van der Waals surface area contributed by atoms with Gasteiger partial charge in [-0.2, -0.15) is 0 Å². The second kappa shape index (κ2) is 4.87. The van der Waals surface area contributed by atoms with Gasteiger partial charge in [-0.1, -0.05) is 0 Å². The Morgan fingerprint density at radius 2 is 1.89 bits per heavy atom. The second-order valence-electron chi connectivity index (χ2n) is 4.42. The highest BCUT2D eigenvalue weighted by Gasteiger charge is 2.11. The Kier molecular flexibility index (Phi) is 3.56. The van der Waals surface area contributed by atoms with Crippen LogP contribution in [0.25, 0.3) is 21.0 Å². The third-order valence-corrected chi connectivity index (χ3v) is 4.18. The van der Waals surface area contributed by atoms with E-state index in [0.29, 0.717) is 0 Å². The molecule has 0 aliphatic carbocycles. The van der Waals surface area contributed by atoms with E-state index >= 15 is 0 Å². The summed E-state index contributed by atoms with van der Waals surface area (Å²) < 4.78 is 6.09. The van der Waals surface area contributed by atoms with Crippen LogP contribution in [-0.2, 0) is 0 Å². The normalized spacial score (nSPS) is 10.7. The number of H-pyrrole nitrogens is 1. The molecule has 2 aromatic heterocycles. The lowest BCUT2D eigenvalue weighted by atomic mass is 10.1. The number of hydrogen-bond acceptors (Lipinski definition) is 3. The van der Waals surface area contributed by atoms with Crippen molar-refractivity contribution in [3.8, 4) is 5.75 Å². The van der Waals surface area contributed by atoms with Gasteiger partial charge in [0.15, 0.2) is 0 Å². The zero-order valence-electron chi connectivity index (χ0n) is 10.9. The summed E-state index contributed by atoms with van der Waals surface area (Å²) in [5, 5.41) is 2.06. The van der Waals surface area contributed by atoms with Crippen molar-refractivity contribution in [3.05, 3.63) is 39.0 Å². The van der Waals surface area contributed by atoms with Gasteiger partial charge in [-0.3, -0.25) is 4.79 Å². The maximum Gasteiger partial charge on any atom is 0.266 e. The average Bonchev–Trinajstić information content (AvgIpc) is 2.73. The number of rotatable bonds is 1. The number of halogens is 1. The molecule has 0 aliphatic heterocycles. The van der Waals surface area contributed by atoms with Crippen LogP contribution in [0.15, 0.2) is 23.0 Å². The lowest BCUT2D eigenvalue weighted by molar-refractivity contribution is 0.415. The summed E-state index contributed by atoms with van der Waals surface area (Å²) in [6.07, 6.45) is 0. The summed E-state index contributed by atoms with van der Waals surface area (Å²) in [5.74, 6) is 0.817. The molecule has 100 valence electrons. The minimum Gasteiger partial charge on any atom is -0.497 e. The number of pyridine rings is 1. The number of benzene rings is 1. The number of hydrogen-bond donors (Lipinski definition) is 1. The third-order valence-electron chi connectivity index (χ3n) is 3.13. The van der Waals surface area contributed by atoms with Gasteiger partial charge in [-0.05, 0) is 37.6 Å². The van der Waals surface area contributed by atoms with Gasteiger partial charge in [0, 0.05) is 15.6 Å². The molecule has 1 aromatic carbocycles. The topological polar surface area (TPSA) is 42.1 Å². The number of fused-ring (bicyclic) bond motifs is 3. The molecule has 0 atom stereocenters. The molecular formula is C14H14ClNO2S. The molecule has 0 saturated heterocycles. The minimum absolute atomic E-state index is 0. The predicted molar refractivity (Wildman–Crippen MR) is 83.2 cm³/mol. The van der Waals surface area contributed by atoms with Crippen LogP contribution in [0.1, 0.15) is 10.4 Å². The van der Waals surface area contributed by atoms with E-state index in [0.717, 1.165) is 37.2 Å². The van der Waals surface area contributed by atoms with Gasteiger partial charge >= 0.3 is 0 Å². The van der Waals surface area contributed by atoms with E-state index in [4.69, 9.17) is 4.74 Å². The zero-order chi connectivity index (χ0) is 12.9. The van der Waals surface area contributed by atoms with Crippen LogP contribution >= 0.6 is 23.7 Å². The van der Waals surface area contributed by atoms with Crippen molar-refractivity contribution in [1.82, 2.24) is 4.98 Å². The van der Waals surface area contributed by atoms with Gasteiger partial charge in [0.05, 0.1) is 12.6 Å². The van der Waals surface area contributed by atoms with Crippen LogP contribution in [0.4, 0.5) is 0 Å². The fraction of sp³-hybridized carbons (Fsp3) is 0.214. The maximum atomic E-state index is 12.0. The number of aromatic nitrogens is 1. The molecule has 0 saturated carbocycles. The van der Waals surface area contributed by atoms with Crippen molar-refractivity contribution in [2.45, 2.75) is 13.8 Å². The first-order chi connectivity index (χ1) is 8.60. The van der Waals surface area contributed by atoms with Gasteiger partial charge in [0.2, 0.25) is 0 Å². The fourth-order valence-electron chi connectivity index (χ4n) is 2.30. The molecule has 0 bridgehead atoms. The molecule has 19 heavy (non-hydrogen) atoms. The lowest BCUT2D eigenvalue weighted by Gasteiger charge is -2.07. The van der Waals surface area contributed by atoms with E-state index in [-0.39, 0.29) is 18.0 Å². The van der Waals surface area contributed by atoms with Crippen LogP contribution in [0.3, 0.4) is 0 Å². The fourth-order valence-corrected chi connectivity index (χ4v) is 3.22. The smallest absolute Gasteiger partial charge is 0.266 e. The van der Waals surface area contributed by atoms with Crippen molar-refractivity contribution in [2.75, 3.05) is 7.11 Å². The summed E-state index contributed by atoms with van der Waals surface area (Å²) in [4.78, 5) is 16.1. The Morgan fingerprint density at radius 1 is 1.16 bits per heavy atom. The number of ether oxygens (including phenoxy) is 1. The Labute approximate surface area is 120 Å². The van der Waals surface area contributed by atoms with Gasteiger partial charge in [-0.15, -0.1) is 23.7 Å². The molecule has 5 heteroatoms. The summed E-state index contributed by atoms with van der Waals surface area (Å²) in [5.41, 5.74) is 1.90. The number of methoxy groups -OCH3 is 1. The maximum absolute atomic E-state index is 12.0. The van der Waals surface area contributed by atoms with E-state index in [2.05, 4.69) is 11.1 Å². The van der Waals surface area contributed by atoms with Gasteiger partial charge < -0.3 is 9.72 Å². The van der Waals surface area contributed by atoms with E-state index in [1.165, 1.54) is 11.3 Å². The first-order valence-corrected chi connectivity index (χ1v) is 6.52. The molecule has 0 spiro atoms. The molecule has 2 heterocycles. The molecule has 3 aromatic rings. The molecule has 3 rings (SSSR count). The summed E-state index contributed by atoms with van der Waals surface area (Å²) in [7, 11) is 1.66. The van der Waals surface area contributed by atoms with E-state index in [1.54, 1.807) is 7.11 Å². The van der Waals surface area contributed by atoms with E-state index in [9.17, 15) is 4.79 Å². The number of nitrogens with one attached hydrogen (secondary N) is 1. The number of aryl methyl sites for hydroxylation is 2. The Morgan fingerprint density at radius 3 is 2.58 bits per heavy atom. The van der Waals surface area contributed by atoms with Crippen LogP contribution < -0.4 is 10.3 Å². The Bertz CT molecular complexity index is 820. The average molecular weight is 296 g/mol. The molecule has 0 aliphatic rings. The first-order valence-electron chi connectivity index (χ1n) is 5.71. The summed E-state index contributed by atoms with van der Waals surface area (Å²) >= 11 is 1.53. The third kappa shape index (κ3) is 2.11. The van der Waals surface area contributed by atoms with Crippen molar-refractivity contribution < 1.29 is 4.74 Å². The number of aromatic amines is 1. The standard InChI is InChI=1S/C14H13NO2S.ClH/c1-7-4-9(17-3)6-10-11-5-8(2)18-13(11)14(16)15-12(7)10;/h4-6H,1-3H3,(H,15,16);1H. The molecule has 1 N–H and O–H groups in total. The lowest BCUT2D eigenvalue weighted by Crippen LogP contribution is -2.05. The van der Waals surface area contributed by atoms with Crippen molar-refractivity contribution in [2.24, 2.45) is 0 Å². The summed E-state index contributed by atoms with van der Waals surface area (Å²) in [6.45, 7) is 3.99. The Hall–Kier alpha value is -1.52. The summed E-state index contributed by atoms with van der Waals surface area (Å²) in [6, 6.07) is 5.98. The highest BCUT2D eigenvalue weighted by atomic mass is 35.5. The van der Waals surface area contributed by atoms with Crippen LogP contribution in [-0.4, -0.2) is 12.1 Å². The van der Waals surface area contributed by atoms with Gasteiger partial charge in [0.25, 0.3) is 5.56 Å². The molecule has 3 nitrogen and oxygen atoms in total. The highest BCUT2D eigenvalue weighted by Crippen LogP contribution is 2.31. The van der Waals surface area contributed by atoms with Gasteiger partial charge in [0.1, 0.15) is 10.4 Å². The molecular weight excluding hydrogens is 282 g/mol. The molecule has 0 radical (unpaired) electrons. The van der Waals surface area contributed by atoms with Crippen molar-refractivity contribution in [1.29, 1.82) is 0 Å². The van der Waals surface area contributed by atoms with E-state index in [1.807, 2.05) is 26.0 Å². The number of thiophene rings is 1. The second-order valence-corrected chi connectivity index (χ2v) is 5.68.